The highest BCUT2D eigenvalue weighted by molar-refractivity contribution is 5.78. The van der Waals surface area contributed by atoms with E-state index in [9.17, 15) is 18.0 Å². The predicted molar refractivity (Wildman–Crippen MR) is 57.0 cm³/mol. The molecule has 1 N–H and O–H groups in total. The molecule has 0 amide bonds. The number of halogens is 3. The van der Waals surface area contributed by atoms with Crippen molar-refractivity contribution in [1.29, 1.82) is 0 Å². The number of hydrogen-bond donors (Lipinski definition) is 1. The number of rotatable bonds is 1. The maximum atomic E-state index is 13.3. The lowest BCUT2D eigenvalue weighted by Crippen LogP contribution is -2.60. The van der Waals surface area contributed by atoms with Crippen LogP contribution < -0.4 is 0 Å². The predicted octanol–water partition coefficient (Wildman–Crippen LogP) is 2.84. The minimum Gasteiger partial charge on any atom is -0.480 e. The van der Waals surface area contributed by atoms with Gasteiger partial charge in [0.15, 0.2) is 5.41 Å². The fraction of sp³-hybridized carbons (Fsp3) is 0.917. The van der Waals surface area contributed by atoms with Crippen LogP contribution in [0.3, 0.4) is 0 Å². The van der Waals surface area contributed by atoms with Crippen molar-refractivity contribution in [2.24, 2.45) is 16.2 Å². The standard InChI is InChI=1S/C12H17F3O3/c1-9(2)6-5-11(8(16)17,12(13,14)15)7(18-6)10(9,3)4/h6-7H,5H2,1-4H3,(H,16,17). The highest BCUT2D eigenvalue weighted by atomic mass is 19.4. The molecule has 0 aliphatic carbocycles. The second kappa shape index (κ2) is 3.21. The SMILES string of the molecule is CC1(C)C2CC(C(=O)O)(C(F)(F)F)C(O2)C1(C)C. The molecule has 0 saturated carbocycles. The molecule has 3 unspecified atom stereocenters. The van der Waals surface area contributed by atoms with Gasteiger partial charge in [0.2, 0.25) is 0 Å². The van der Waals surface area contributed by atoms with Gasteiger partial charge in [-0.15, -0.1) is 0 Å². The third-order valence-electron chi connectivity index (χ3n) is 5.26. The van der Waals surface area contributed by atoms with Crippen LogP contribution in [0.25, 0.3) is 0 Å². The van der Waals surface area contributed by atoms with Crippen LogP contribution in [0.1, 0.15) is 34.1 Å². The molecule has 2 aliphatic rings. The van der Waals surface area contributed by atoms with Crippen molar-refractivity contribution < 1.29 is 27.8 Å². The fourth-order valence-electron chi connectivity index (χ4n) is 3.28. The minimum atomic E-state index is -4.80. The van der Waals surface area contributed by atoms with E-state index in [0.717, 1.165) is 0 Å². The quantitative estimate of drug-likeness (QED) is 0.793. The van der Waals surface area contributed by atoms with Gasteiger partial charge in [0.1, 0.15) is 0 Å². The molecule has 2 bridgehead atoms. The number of fused-ring (bicyclic) bond motifs is 2. The Morgan fingerprint density at radius 2 is 1.72 bits per heavy atom. The van der Waals surface area contributed by atoms with Gasteiger partial charge in [-0.1, -0.05) is 27.7 Å². The van der Waals surface area contributed by atoms with Gasteiger partial charge >= 0.3 is 12.1 Å². The lowest BCUT2D eigenvalue weighted by molar-refractivity contribution is -0.256. The van der Waals surface area contributed by atoms with Crippen LogP contribution in [0.5, 0.6) is 0 Å². The van der Waals surface area contributed by atoms with E-state index in [2.05, 4.69) is 0 Å². The zero-order chi connectivity index (χ0) is 14.1. The van der Waals surface area contributed by atoms with Gasteiger partial charge in [-0.25, -0.2) is 0 Å². The maximum Gasteiger partial charge on any atom is 0.407 e. The molecule has 3 nitrogen and oxygen atoms in total. The van der Waals surface area contributed by atoms with Crippen LogP contribution >= 0.6 is 0 Å². The first-order valence-corrected chi connectivity index (χ1v) is 5.84. The topological polar surface area (TPSA) is 46.5 Å². The summed E-state index contributed by atoms with van der Waals surface area (Å²) in [4.78, 5) is 11.3. The molecule has 3 atom stereocenters. The van der Waals surface area contributed by atoms with Crippen molar-refractivity contribution in [3.8, 4) is 0 Å². The van der Waals surface area contributed by atoms with Gasteiger partial charge in [0.25, 0.3) is 0 Å². The van der Waals surface area contributed by atoms with Crippen molar-refractivity contribution >= 4 is 5.97 Å². The Morgan fingerprint density at radius 3 is 2.00 bits per heavy atom. The average molecular weight is 266 g/mol. The highest BCUT2D eigenvalue weighted by Crippen LogP contribution is 2.68. The Kier molecular flexibility index (Phi) is 2.43. The number of alkyl halides is 3. The molecule has 0 aromatic heterocycles. The number of hydrogen-bond acceptors (Lipinski definition) is 2. The van der Waals surface area contributed by atoms with Gasteiger partial charge in [-0.2, -0.15) is 13.2 Å². The van der Waals surface area contributed by atoms with E-state index in [0.29, 0.717) is 0 Å². The molecule has 2 heterocycles. The molecule has 18 heavy (non-hydrogen) atoms. The normalized spacial score (nSPS) is 41.1. The van der Waals surface area contributed by atoms with Crippen molar-refractivity contribution in [3.05, 3.63) is 0 Å². The smallest absolute Gasteiger partial charge is 0.407 e. The first kappa shape index (κ1) is 13.6. The Hall–Kier alpha value is -0.780. The van der Waals surface area contributed by atoms with Crippen molar-refractivity contribution in [3.63, 3.8) is 0 Å². The molecule has 2 rings (SSSR count). The van der Waals surface area contributed by atoms with Gasteiger partial charge in [-0.05, 0) is 5.41 Å². The second-order valence-corrected chi connectivity index (χ2v) is 6.43. The molecule has 6 heteroatoms. The van der Waals surface area contributed by atoms with Crippen LogP contribution in [0.15, 0.2) is 0 Å². The summed E-state index contributed by atoms with van der Waals surface area (Å²) in [6.07, 6.45) is -7.29. The van der Waals surface area contributed by atoms with Crippen molar-refractivity contribution in [2.45, 2.75) is 52.5 Å². The van der Waals surface area contributed by atoms with E-state index in [1.165, 1.54) is 0 Å². The van der Waals surface area contributed by atoms with Gasteiger partial charge in [0.05, 0.1) is 12.2 Å². The summed E-state index contributed by atoms with van der Waals surface area (Å²) in [5.41, 5.74) is -4.08. The summed E-state index contributed by atoms with van der Waals surface area (Å²) >= 11 is 0. The number of aliphatic carboxylic acids is 1. The van der Waals surface area contributed by atoms with Crippen LogP contribution in [-0.4, -0.2) is 29.5 Å². The fourth-order valence-corrected chi connectivity index (χ4v) is 3.28. The molecule has 2 fully saturated rings. The summed E-state index contributed by atoms with van der Waals surface area (Å²) in [6, 6.07) is 0. The zero-order valence-corrected chi connectivity index (χ0v) is 10.8. The molecule has 0 spiro atoms. The lowest BCUT2D eigenvalue weighted by Gasteiger charge is -2.49. The Bertz CT molecular complexity index is 400. The summed E-state index contributed by atoms with van der Waals surface area (Å²) in [6.45, 7) is 6.97. The average Bonchev–Trinajstić information content (AvgIpc) is 2.62. The Balaban J connectivity index is 2.56. The molecular formula is C12H17F3O3. The monoisotopic (exact) mass is 266 g/mol. The Labute approximate surface area is 103 Å². The van der Waals surface area contributed by atoms with Crippen LogP contribution in [0, 0.1) is 16.2 Å². The molecule has 2 saturated heterocycles. The molecule has 0 aromatic carbocycles. The molecule has 0 radical (unpaired) electrons. The summed E-state index contributed by atoms with van der Waals surface area (Å²) in [7, 11) is 0. The number of carbonyl (C=O) groups is 1. The Morgan fingerprint density at radius 1 is 1.22 bits per heavy atom. The van der Waals surface area contributed by atoms with E-state index in [4.69, 9.17) is 9.84 Å². The third kappa shape index (κ3) is 1.22. The number of ether oxygens (including phenoxy) is 1. The molecular weight excluding hydrogens is 249 g/mol. The van der Waals surface area contributed by atoms with Gasteiger partial charge < -0.3 is 9.84 Å². The molecule has 0 aromatic rings. The largest absolute Gasteiger partial charge is 0.480 e. The van der Waals surface area contributed by atoms with E-state index in [1.54, 1.807) is 13.8 Å². The van der Waals surface area contributed by atoms with Crippen molar-refractivity contribution in [1.82, 2.24) is 0 Å². The molecule has 104 valence electrons. The number of carboxylic acid groups (broad SMARTS) is 1. The van der Waals surface area contributed by atoms with Crippen molar-refractivity contribution in [2.75, 3.05) is 0 Å². The van der Waals surface area contributed by atoms with Crippen LogP contribution in [-0.2, 0) is 9.53 Å². The first-order chi connectivity index (χ1) is 7.89. The second-order valence-electron chi connectivity index (χ2n) is 6.43. The summed E-state index contributed by atoms with van der Waals surface area (Å²) in [5, 5.41) is 9.12. The zero-order valence-electron chi connectivity index (χ0n) is 10.8. The van der Waals surface area contributed by atoms with Gasteiger partial charge in [0, 0.05) is 11.8 Å². The number of carboxylic acids is 1. The van der Waals surface area contributed by atoms with E-state index in [-0.39, 0.29) is 0 Å². The van der Waals surface area contributed by atoms with E-state index >= 15 is 0 Å². The maximum absolute atomic E-state index is 13.3. The lowest BCUT2D eigenvalue weighted by atomic mass is 9.52. The van der Waals surface area contributed by atoms with E-state index < -0.39 is 47.0 Å². The first-order valence-electron chi connectivity index (χ1n) is 5.84. The highest BCUT2D eigenvalue weighted by Gasteiger charge is 2.79. The van der Waals surface area contributed by atoms with Crippen LogP contribution in [0.4, 0.5) is 13.2 Å². The summed E-state index contributed by atoms with van der Waals surface area (Å²) in [5.74, 6) is -1.83. The van der Waals surface area contributed by atoms with Crippen LogP contribution in [0.2, 0.25) is 0 Å². The van der Waals surface area contributed by atoms with Gasteiger partial charge in [-0.3, -0.25) is 4.79 Å². The third-order valence-corrected chi connectivity index (χ3v) is 5.26. The summed E-state index contributed by atoms with van der Waals surface area (Å²) < 4.78 is 45.2. The van der Waals surface area contributed by atoms with E-state index in [1.807, 2.05) is 13.8 Å². The minimum absolute atomic E-state index is 0.470. The molecule has 2 aliphatic heterocycles.